The number of para-hydroxylation sites is 1. The molecule has 0 bridgehead atoms. The quantitative estimate of drug-likeness (QED) is 0.832. The maximum absolute atomic E-state index is 9.32. The molecule has 3 nitrogen and oxygen atoms in total. The van der Waals surface area contributed by atoms with E-state index in [1.54, 1.807) is 0 Å². The van der Waals surface area contributed by atoms with E-state index in [1.807, 2.05) is 18.2 Å². The van der Waals surface area contributed by atoms with Crippen molar-refractivity contribution in [3.05, 3.63) is 29.8 Å². The molecule has 1 atom stereocenters. The van der Waals surface area contributed by atoms with Crippen molar-refractivity contribution in [1.29, 1.82) is 0 Å². The molecule has 1 heterocycles. The molecule has 1 aromatic carbocycles. The minimum atomic E-state index is 0.124. The van der Waals surface area contributed by atoms with Gasteiger partial charge in [0.25, 0.3) is 0 Å². The molecular formula is C13H20N2O. The van der Waals surface area contributed by atoms with Gasteiger partial charge < -0.3 is 14.9 Å². The Bertz CT molecular complexity index is 352. The first kappa shape index (κ1) is 11.4. The second-order valence-corrected chi connectivity index (χ2v) is 4.64. The third kappa shape index (κ3) is 2.20. The second-order valence-electron chi connectivity index (χ2n) is 4.64. The number of hydrogen-bond acceptors (Lipinski definition) is 3. The summed E-state index contributed by atoms with van der Waals surface area (Å²) >= 11 is 0. The van der Waals surface area contributed by atoms with Crippen molar-refractivity contribution >= 4 is 5.69 Å². The molecule has 2 rings (SSSR count). The summed E-state index contributed by atoms with van der Waals surface area (Å²) in [6, 6.07) is 8.75. The second kappa shape index (κ2) is 4.85. The number of benzene rings is 1. The highest BCUT2D eigenvalue weighted by molar-refractivity contribution is 5.54. The summed E-state index contributed by atoms with van der Waals surface area (Å²) in [5, 5.41) is 9.32. The Kier molecular flexibility index (Phi) is 3.46. The number of aliphatic hydroxyl groups is 1. The molecular weight excluding hydrogens is 200 g/mol. The molecule has 0 amide bonds. The Labute approximate surface area is 97.3 Å². The largest absolute Gasteiger partial charge is 0.392 e. The number of likely N-dealkylation sites (N-methyl/N-ethyl adjacent to an activating group) is 1. The van der Waals surface area contributed by atoms with Crippen LogP contribution in [0.2, 0.25) is 0 Å². The van der Waals surface area contributed by atoms with Gasteiger partial charge in [0, 0.05) is 30.4 Å². The molecule has 1 N–H and O–H groups in total. The first-order chi connectivity index (χ1) is 7.72. The molecule has 3 heteroatoms. The van der Waals surface area contributed by atoms with Gasteiger partial charge in [-0.1, -0.05) is 18.2 Å². The van der Waals surface area contributed by atoms with Gasteiger partial charge in [-0.25, -0.2) is 0 Å². The molecule has 0 spiro atoms. The van der Waals surface area contributed by atoms with Gasteiger partial charge in [-0.15, -0.1) is 0 Å². The molecule has 88 valence electrons. The van der Waals surface area contributed by atoms with Crippen LogP contribution in [0.5, 0.6) is 0 Å². The predicted molar refractivity (Wildman–Crippen MR) is 66.7 cm³/mol. The van der Waals surface area contributed by atoms with Gasteiger partial charge in [-0.3, -0.25) is 0 Å². The lowest BCUT2D eigenvalue weighted by molar-refractivity contribution is 0.282. The maximum Gasteiger partial charge on any atom is 0.0702 e. The lowest BCUT2D eigenvalue weighted by Gasteiger charge is -2.23. The summed E-state index contributed by atoms with van der Waals surface area (Å²) in [6.07, 6.45) is 1.20. The van der Waals surface area contributed by atoms with Crippen molar-refractivity contribution in [3.63, 3.8) is 0 Å². The summed E-state index contributed by atoms with van der Waals surface area (Å²) in [7, 11) is 4.26. The number of rotatable bonds is 3. The third-order valence-corrected chi connectivity index (χ3v) is 3.40. The molecule has 1 aliphatic heterocycles. The molecule has 0 radical (unpaired) electrons. The van der Waals surface area contributed by atoms with Crippen LogP contribution in [0.15, 0.2) is 24.3 Å². The summed E-state index contributed by atoms with van der Waals surface area (Å²) < 4.78 is 0. The lowest BCUT2D eigenvalue weighted by Crippen LogP contribution is -2.31. The van der Waals surface area contributed by atoms with E-state index in [1.165, 1.54) is 12.1 Å². The van der Waals surface area contributed by atoms with Gasteiger partial charge in [0.05, 0.1) is 6.61 Å². The molecule has 1 aromatic rings. The fourth-order valence-electron chi connectivity index (χ4n) is 2.34. The molecule has 1 aliphatic rings. The van der Waals surface area contributed by atoms with E-state index in [-0.39, 0.29) is 6.61 Å². The first-order valence-electron chi connectivity index (χ1n) is 5.82. The van der Waals surface area contributed by atoms with Gasteiger partial charge in [-0.05, 0) is 26.6 Å². The Morgan fingerprint density at radius 3 is 2.75 bits per heavy atom. The smallest absolute Gasteiger partial charge is 0.0702 e. The summed E-state index contributed by atoms with van der Waals surface area (Å²) in [4.78, 5) is 4.65. The zero-order chi connectivity index (χ0) is 11.5. The molecule has 16 heavy (non-hydrogen) atoms. The van der Waals surface area contributed by atoms with Crippen LogP contribution in [-0.4, -0.2) is 43.2 Å². The molecule has 0 aliphatic carbocycles. The van der Waals surface area contributed by atoms with E-state index in [4.69, 9.17) is 0 Å². The van der Waals surface area contributed by atoms with E-state index < -0.39 is 0 Å². The van der Waals surface area contributed by atoms with E-state index >= 15 is 0 Å². The fourth-order valence-corrected chi connectivity index (χ4v) is 2.34. The topological polar surface area (TPSA) is 26.7 Å². The molecule has 0 saturated carbocycles. The van der Waals surface area contributed by atoms with E-state index in [0.717, 1.165) is 18.7 Å². The van der Waals surface area contributed by atoms with Crippen LogP contribution in [0.3, 0.4) is 0 Å². The highest BCUT2D eigenvalue weighted by Gasteiger charge is 2.24. The number of aliphatic hydroxyl groups excluding tert-OH is 1. The fraction of sp³-hybridized carbons (Fsp3) is 0.538. The highest BCUT2D eigenvalue weighted by atomic mass is 16.3. The van der Waals surface area contributed by atoms with Crippen molar-refractivity contribution in [1.82, 2.24) is 4.90 Å². The Hall–Kier alpha value is -1.06. The average Bonchev–Trinajstić information content (AvgIpc) is 2.78. The zero-order valence-corrected chi connectivity index (χ0v) is 10.1. The van der Waals surface area contributed by atoms with Crippen molar-refractivity contribution in [2.24, 2.45) is 0 Å². The minimum Gasteiger partial charge on any atom is -0.392 e. The Balaban J connectivity index is 2.14. The summed E-state index contributed by atoms with van der Waals surface area (Å²) in [6.45, 7) is 2.27. The highest BCUT2D eigenvalue weighted by Crippen LogP contribution is 2.25. The standard InChI is InChI=1S/C13H20N2O/c1-14(2)12-7-8-15(9-12)13-6-4-3-5-11(13)10-16/h3-6,12,16H,7-10H2,1-2H3. The van der Waals surface area contributed by atoms with Crippen LogP contribution in [-0.2, 0) is 6.61 Å². The van der Waals surface area contributed by atoms with Gasteiger partial charge in [-0.2, -0.15) is 0 Å². The SMILES string of the molecule is CN(C)C1CCN(c2ccccc2CO)C1. The average molecular weight is 220 g/mol. The van der Waals surface area contributed by atoms with Crippen molar-refractivity contribution < 1.29 is 5.11 Å². The summed E-state index contributed by atoms with van der Waals surface area (Å²) in [5.74, 6) is 0. The number of anilines is 1. The third-order valence-electron chi connectivity index (χ3n) is 3.40. The van der Waals surface area contributed by atoms with E-state index in [9.17, 15) is 5.11 Å². The Morgan fingerprint density at radius 2 is 2.12 bits per heavy atom. The number of hydrogen-bond donors (Lipinski definition) is 1. The van der Waals surface area contributed by atoms with Gasteiger partial charge in [0.2, 0.25) is 0 Å². The van der Waals surface area contributed by atoms with Crippen LogP contribution < -0.4 is 4.90 Å². The van der Waals surface area contributed by atoms with E-state index in [2.05, 4.69) is 30.0 Å². The van der Waals surface area contributed by atoms with Gasteiger partial charge >= 0.3 is 0 Å². The van der Waals surface area contributed by atoms with E-state index in [0.29, 0.717) is 6.04 Å². The van der Waals surface area contributed by atoms with Crippen molar-refractivity contribution in [3.8, 4) is 0 Å². The normalized spacial score (nSPS) is 20.8. The van der Waals surface area contributed by atoms with Crippen LogP contribution >= 0.6 is 0 Å². The number of nitrogens with zero attached hydrogens (tertiary/aromatic N) is 2. The van der Waals surface area contributed by atoms with Crippen molar-refractivity contribution in [2.75, 3.05) is 32.1 Å². The van der Waals surface area contributed by atoms with Gasteiger partial charge in [0.1, 0.15) is 0 Å². The predicted octanol–water partition coefficient (Wildman–Crippen LogP) is 1.32. The monoisotopic (exact) mass is 220 g/mol. The Morgan fingerprint density at radius 1 is 1.38 bits per heavy atom. The molecule has 1 unspecified atom stereocenters. The first-order valence-corrected chi connectivity index (χ1v) is 5.82. The van der Waals surface area contributed by atoms with Crippen LogP contribution in [0.4, 0.5) is 5.69 Å². The lowest BCUT2D eigenvalue weighted by atomic mass is 10.1. The zero-order valence-electron chi connectivity index (χ0n) is 10.1. The van der Waals surface area contributed by atoms with Gasteiger partial charge in [0.15, 0.2) is 0 Å². The molecule has 1 saturated heterocycles. The molecule has 0 aromatic heterocycles. The van der Waals surface area contributed by atoms with Crippen LogP contribution in [0.25, 0.3) is 0 Å². The van der Waals surface area contributed by atoms with Crippen molar-refractivity contribution in [2.45, 2.75) is 19.1 Å². The molecule has 1 fully saturated rings. The maximum atomic E-state index is 9.32. The van der Waals surface area contributed by atoms with Crippen LogP contribution in [0.1, 0.15) is 12.0 Å². The minimum absolute atomic E-state index is 0.124. The van der Waals surface area contributed by atoms with Crippen LogP contribution in [0, 0.1) is 0 Å². The summed E-state index contributed by atoms with van der Waals surface area (Å²) in [5.41, 5.74) is 2.22.